The number of amides is 1. The highest BCUT2D eigenvalue weighted by molar-refractivity contribution is 7.89. The van der Waals surface area contributed by atoms with E-state index >= 15 is 0 Å². The van der Waals surface area contributed by atoms with Crippen molar-refractivity contribution in [2.75, 3.05) is 19.0 Å². The Kier molecular flexibility index (Phi) is 7.57. The second-order valence-electron chi connectivity index (χ2n) is 7.15. The largest absolute Gasteiger partial charge is 0.495 e. The summed E-state index contributed by atoms with van der Waals surface area (Å²) in [6.45, 7) is 5.21. The second-order valence-corrected chi connectivity index (χ2v) is 9.71. The van der Waals surface area contributed by atoms with Crippen molar-refractivity contribution < 1.29 is 31.9 Å². The van der Waals surface area contributed by atoms with Gasteiger partial charge in [-0.05, 0) is 51.1 Å². The van der Waals surface area contributed by atoms with Crippen LogP contribution in [0.3, 0.4) is 0 Å². The predicted octanol–water partition coefficient (Wildman–Crippen LogP) is 4.13. The zero-order valence-corrected chi connectivity index (χ0v) is 20.1. The van der Waals surface area contributed by atoms with Gasteiger partial charge >= 0.3 is 5.97 Å². The van der Waals surface area contributed by atoms with E-state index in [2.05, 4.69) is 10.0 Å². The molecular formula is C22H24N2O7S2. The molecule has 0 fully saturated rings. The Balaban J connectivity index is 1.98. The molecule has 0 spiro atoms. The summed E-state index contributed by atoms with van der Waals surface area (Å²) in [6.07, 6.45) is 1.48. The molecule has 1 aromatic carbocycles. The number of ether oxygens (including phenoxy) is 2. The van der Waals surface area contributed by atoms with E-state index in [0.717, 1.165) is 11.3 Å². The first kappa shape index (κ1) is 24.5. The van der Waals surface area contributed by atoms with Crippen LogP contribution in [0, 0.1) is 0 Å². The number of esters is 1. The molecule has 0 radical (unpaired) electrons. The van der Waals surface area contributed by atoms with Crippen LogP contribution in [0.2, 0.25) is 0 Å². The Morgan fingerprint density at radius 1 is 1.21 bits per heavy atom. The summed E-state index contributed by atoms with van der Waals surface area (Å²) in [5.41, 5.74) is 0.716. The van der Waals surface area contributed by atoms with E-state index in [4.69, 9.17) is 13.9 Å². The first-order valence-electron chi connectivity index (χ1n) is 10.0. The Morgan fingerprint density at radius 3 is 2.58 bits per heavy atom. The van der Waals surface area contributed by atoms with Crippen molar-refractivity contribution in [1.82, 2.24) is 4.72 Å². The smallest absolute Gasteiger partial charge is 0.341 e. The molecule has 33 heavy (non-hydrogen) atoms. The van der Waals surface area contributed by atoms with Gasteiger partial charge in [0.15, 0.2) is 0 Å². The maximum absolute atomic E-state index is 13.0. The molecule has 0 saturated heterocycles. The van der Waals surface area contributed by atoms with E-state index in [1.807, 2.05) is 0 Å². The molecule has 0 unspecified atom stereocenters. The number of carbonyl (C=O) groups excluding carboxylic acids is 2. The lowest BCUT2D eigenvalue weighted by Gasteiger charge is -2.14. The highest BCUT2D eigenvalue weighted by Crippen LogP contribution is 2.37. The SMILES string of the molecule is CCOC(=O)c1c(-c2ccco2)csc1NC(=O)c1ccc(OC)c(S(=O)(=O)NC(C)C)c1. The van der Waals surface area contributed by atoms with Gasteiger partial charge in [0.25, 0.3) is 5.91 Å². The molecule has 3 rings (SSSR count). The monoisotopic (exact) mass is 492 g/mol. The van der Waals surface area contributed by atoms with Gasteiger partial charge in [-0.3, -0.25) is 4.79 Å². The number of methoxy groups -OCH3 is 1. The van der Waals surface area contributed by atoms with Crippen molar-refractivity contribution in [2.45, 2.75) is 31.7 Å². The first-order valence-corrected chi connectivity index (χ1v) is 12.4. The summed E-state index contributed by atoms with van der Waals surface area (Å²) in [6, 6.07) is 7.09. The summed E-state index contributed by atoms with van der Waals surface area (Å²) in [5.74, 6) is -0.660. The van der Waals surface area contributed by atoms with Crippen molar-refractivity contribution in [3.63, 3.8) is 0 Å². The maximum Gasteiger partial charge on any atom is 0.341 e. The van der Waals surface area contributed by atoms with E-state index in [-0.39, 0.29) is 39.4 Å². The minimum Gasteiger partial charge on any atom is -0.495 e. The zero-order valence-electron chi connectivity index (χ0n) is 18.5. The molecule has 0 aliphatic rings. The number of sulfonamides is 1. The average molecular weight is 493 g/mol. The fourth-order valence-electron chi connectivity index (χ4n) is 3.05. The summed E-state index contributed by atoms with van der Waals surface area (Å²) in [7, 11) is -2.58. The Labute approximate surface area is 195 Å². The molecule has 2 N–H and O–H groups in total. The molecule has 0 saturated carbocycles. The van der Waals surface area contributed by atoms with Crippen molar-refractivity contribution >= 4 is 38.2 Å². The average Bonchev–Trinajstić information content (AvgIpc) is 3.42. The number of carbonyl (C=O) groups is 2. The standard InChI is InChI=1S/C22H24N2O7S2/c1-5-30-22(26)19-15(16-7-6-10-31-16)12-32-21(19)23-20(25)14-8-9-17(29-4)18(11-14)33(27,28)24-13(2)3/h6-13,24H,5H2,1-4H3,(H,23,25). The van der Waals surface area contributed by atoms with Gasteiger partial charge in [-0.25, -0.2) is 17.9 Å². The highest BCUT2D eigenvalue weighted by Gasteiger charge is 2.26. The third kappa shape index (κ3) is 5.44. The molecule has 0 aliphatic heterocycles. The number of hydrogen-bond acceptors (Lipinski definition) is 8. The Bertz CT molecular complexity index is 1250. The number of benzene rings is 1. The van der Waals surface area contributed by atoms with E-state index < -0.39 is 21.9 Å². The van der Waals surface area contributed by atoms with Gasteiger partial charge in [0.1, 0.15) is 27.0 Å². The molecule has 0 atom stereocenters. The predicted molar refractivity (Wildman–Crippen MR) is 124 cm³/mol. The van der Waals surface area contributed by atoms with Crippen LogP contribution < -0.4 is 14.8 Å². The zero-order chi connectivity index (χ0) is 24.2. The summed E-state index contributed by atoms with van der Waals surface area (Å²) >= 11 is 1.13. The maximum atomic E-state index is 13.0. The van der Waals surface area contributed by atoms with Crippen LogP contribution >= 0.6 is 11.3 Å². The Morgan fingerprint density at radius 2 is 1.97 bits per heavy atom. The van der Waals surface area contributed by atoms with Crippen LogP contribution in [-0.2, 0) is 14.8 Å². The molecule has 0 aliphatic carbocycles. The number of hydrogen-bond donors (Lipinski definition) is 2. The molecule has 1 amide bonds. The lowest BCUT2D eigenvalue weighted by molar-refractivity contribution is 0.0528. The first-order chi connectivity index (χ1) is 15.7. The van der Waals surface area contributed by atoms with Crippen molar-refractivity contribution in [2.24, 2.45) is 0 Å². The number of furan rings is 1. The third-order valence-electron chi connectivity index (χ3n) is 4.39. The summed E-state index contributed by atoms with van der Waals surface area (Å²) in [4.78, 5) is 25.5. The molecule has 3 aromatic rings. The molecular weight excluding hydrogens is 468 g/mol. The Hall–Kier alpha value is -3.15. The fourth-order valence-corrected chi connectivity index (χ4v) is 5.42. The van der Waals surface area contributed by atoms with Gasteiger partial charge in [-0.15, -0.1) is 11.3 Å². The molecule has 9 nitrogen and oxygen atoms in total. The van der Waals surface area contributed by atoms with Crippen LogP contribution in [-0.4, -0.2) is 40.1 Å². The van der Waals surface area contributed by atoms with Crippen LogP contribution in [0.4, 0.5) is 5.00 Å². The van der Waals surface area contributed by atoms with E-state index in [1.165, 1.54) is 31.6 Å². The minimum atomic E-state index is -3.92. The van der Waals surface area contributed by atoms with Crippen LogP contribution in [0.25, 0.3) is 11.3 Å². The second kappa shape index (κ2) is 10.2. The summed E-state index contributed by atoms with van der Waals surface area (Å²) in [5, 5.41) is 4.62. The molecule has 176 valence electrons. The minimum absolute atomic E-state index is 0.0719. The van der Waals surface area contributed by atoms with Crippen molar-refractivity contribution in [3.8, 4) is 17.1 Å². The molecule has 2 heterocycles. The van der Waals surface area contributed by atoms with E-state index in [9.17, 15) is 18.0 Å². The van der Waals surface area contributed by atoms with Gasteiger partial charge in [-0.1, -0.05) is 0 Å². The van der Waals surface area contributed by atoms with Crippen LogP contribution in [0.1, 0.15) is 41.5 Å². The number of thiophene rings is 1. The fraction of sp³-hybridized carbons (Fsp3) is 0.273. The normalized spacial score (nSPS) is 11.4. The van der Waals surface area contributed by atoms with E-state index in [0.29, 0.717) is 11.3 Å². The van der Waals surface area contributed by atoms with Gasteiger partial charge in [0.2, 0.25) is 10.0 Å². The lowest BCUT2D eigenvalue weighted by atomic mass is 10.1. The van der Waals surface area contributed by atoms with Crippen molar-refractivity contribution in [3.05, 3.63) is 53.1 Å². The topological polar surface area (TPSA) is 124 Å². The lowest BCUT2D eigenvalue weighted by Crippen LogP contribution is -2.30. The van der Waals surface area contributed by atoms with Crippen LogP contribution in [0.15, 0.2) is 51.3 Å². The van der Waals surface area contributed by atoms with Crippen LogP contribution in [0.5, 0.6) is 5.75 Å². The number of anilines is 1. The highest BCUT2D eigenvalue weighted by atomic mass is 32.2. The third-order valence-corrected chi connectivity index (χ3v) is 6.97. The molecule has 0 bridgehead atoms. The van der Waals surface area contributed by atoms with Gasteiger partial charge < -0.3 is 19.2 Å². The quantitative estimate of drug-likeness (QED) is 0.430. The number of nitrogens with one attached hydrogen (secondary N) is 2. The molecule has 11 heteroatoms. The molecule has 2 aromatic heterocycles. The van der Waals surface area contributed by atoms with E-state index in [1.54, 1.807) is 38.3 Å². The van der Waals surface area contributed by atoms with Crippen molar-refractivity contribution in [1.29, 1.82) is 0 Å². The van der Waals surface area contributed by atoms with Gasteiger partial charge in [-0.2, -0.15) is 0 Å². The van der Waals surface area contributed by atoms with Gasteiger partial charge in [0, 0.05) is 22.5 Å². The van der Waals surface area contributed by atoms with Gasteiger partial charge in [0.05, 0.1) is 20.0 Å². The number of rotatable bonds is 9. The summed E-state index contributed by atoms with van der Waals surface area (Å²) < 4.78 is 43.6.